The molecule has 1 aromatic heterocycles. The Morgan fingerprint density at radius 2 is 1.93 bits per heavy atom. The summed E-state index contributed by atoms with van der Waals surface area (Å²) in [6.07, 6.45) is 0. The largest absolute Gasteiger partial charge is 0.508 e. The number of hydrogen-bond acceptors (Lipinski definition) is 7. The molecule has 2 unspecified atom stereocenters. The summed E-state index contributed by atoms with van der Waals surface area (Å²) in [7, 11) is 0. The van der Waals surface area contributed by atoms with E-state index in [-0.39, 0.29) is 24.3 Å². The number of phenolic OH excluding ortho intramolecular Hbond substituents is 1. The molecule has 0 saturated carbocycles. The number of fused-ring (bicyclic) bond motifs is 2. The van der Waals surface area contributed by atoms with Gasteiger partial charge in [-0.2, -0.15) is 5.26 Å². The van der Waals surface area contributed by atoms with E-state index in [1.165, 1.54) is 0 Å². The first-order valence-corrected chi connectivity index (χ1v) is 8.59. The fraction of sp³-hybridized carbons (Fsp3) is 0.150. The smallest absolute Gasteiger partial charge is 0.244 e. The topological polar surface area (TPSA) is 124 Å². The van der Waals surface area contributed by atoms with Crippen LogP contribution in [0, 0.1) is 22.7 Å². The van der Waals surface area contributed by atoms with Gasteiger partial charge < -0.3 is 19.3 Å². The standard InChI is InChI=1S/C20H14N4O4/c21-8-13-16(10-1-4-12(25)5-2-10)17-18(23-24-20(17)28-19(13)22)11-3-6-14-15(7-11)27-9-26-14/h1-7,13,16,22,25H,9H2,(H,23,24). The SMILES string of the molecule is N#CC1C(=N)Oc2n[nH]c(-c3ccc4c(c3)OCO4)c2C1c1ccc(O)cc1. The maximum atomic E-state index is 9.71. The van der Waals surface area contributed by atoms with Crippen molar-refractivity contribution >= 4 is 5.90 Å². The number of H-pyrrole nitrogens is 1. The van der Waals surface area contributed by atoms with Gasteiger partial charge in [0.15, 0.2) is 11.5 Å². The number of ether oxygens (including phenoxy) is 3. The van der Waals surface area contributed by atoms with Gasteiger partial charge in [0.25, 0.3) is 0 Å². The Balaban J connectivity index is 1.69. The molecule has 0 aliphatic carbocycles. The predicted molar refractivity (Wildman–Crippen MR) is 97.6 cm³/mol. The summed E-state index contributed by atoms with van der Waals surface area (Å²) < 4.78 is 16.3. The maximum Gasteiger partial charge on any atom is 0.244 e. The van der Waals surface area contributed by atoms with Crippen molar-refractivity contribution in [1.82, 2.24) is 10.2 Å². The molecular formula is C20H14N4O4. The van der Waals surface area contributed by atoms with Gasteiger partial charge in [0.1, 0.15) is 11.7 Å². The second-order valence-electron chi connectivity index (χ2n) is 6.53. The van der Waals surface area contributed by atoms with Crippen LogP contribution in [0.4, 0.5) is 0 Å². The summed E-state index contributed by atoms with van der Waals surface area (Å²) in [5.41, 5.74) is 2.95. The highest BCUT2D eigenvalue weighted by molar-refractivity contribution is 5.86. The summed E-state index contributed by atoms with van der Waals surface area (Å²) >= 11 is 0. The minimum atomic E-state index is -0.817. The number of nitrogens with zero attached hydrogens (tertiary/aromatic N) is 2. The molecule has 28 heavy (non-hydrogen) atoms. The van der Waals surface area contributed by atoms with Crippen molar-refractivity contribution in [2.75, 3.05) is 6.79 Å². The van der Waals surface area contributed by atoms with Gasteiger partial charge in [-0.25, -0.2) is 0 Å². The molecule has 0 radical (unpaired) electrons. The van der Waals surface area contributed by atoms with E-state index in [1.807, 2.05) is 18.2 Å². The first kappa shape index (κ1) is 16.2. The highest BCUT2D eigenvalue weighted by Crippen LogP contribution is 2.47. The fourth-order valence-electron chi connectivity index (χ4n) is 3.63. The van der Waals surface area contributed by atoms with Crippen LogP contribution in [0.15, 0.2) is 42.5 Å². The Bertz CT molecular complexity index is 1130. The molecule has 0 bridgehead atoms. The second kappa shape index (κ2) is 6.03. The van der Waals surface area contributed by atoms with Crippen LogP contribution in [-0.2, 0) is 0 Å². The number of benzene rings is 2. The maximum absolute atomic E-state index is 9.71. The van der Waals surface area contributed by atoms with Crippen molar-refractivity contribution in [2.45, 2.75) is 5.92 Å². The Hall–Kier alpha value is -3.99. The number of nitrogens with one attached hydrogen (secondary N) is 2. The third-order valence-electron chi connectivity index (χ3n) is 4.95. The van der Waals surface area contributed by atoms with Crippen molar-refractivity contribution in [3.05, 3.63) is 53.6 Å². The van der Waals surface area contributed by atoms with E-state index in [0.29, 0.717) is 22.8 Å². The summed E-state index contributed by atoms with van der Waals surface area (Å²) in [6, 6.07) is 14.3. The molecule has 3 aromatic rings. The fourth-order valence-corrected chi connectivity index (χ4v) is 3.63. The van der Waals surface area contributed by atoms with Gasteiger partial charge in [-0.05, 0) is 35.9 Å². The van der Waals surface area contributed by atoms with Gasteiger partial charge in [0, 0.05) is 11.5 Å². The summed E-state index contributed by atoms with van der Waals surface area (Å²) in [6.45, 7) is 0.173. The van der Waals surface area contributed by atoms with Crippen LogP contribution < -0.4 is 14.2 Å². The molecule has 2 aliphatic rings. The van der Waals surface area contributed by atoms with Gasteiger partial charge in [-0.3, -0.25) is 10.5 Å². The number of aromatic amines is 1. The van der Waals surface area contributed by atoms with Crippen LogP contribution in [0.25, 0.3) is 11.3 Å². The summed E-state index contributed by atoms with van der Waals surface area (Å²) in [5, 5.41) is 34.7. The van der Waals surface area contributed by atoms with Gasteiger partial charge in [-0.15, -0.1) is 5.10 Å². The zero-order valence-corrected chi connectivity index (χ0v) is 14.5. The van der Waals surface area contributed by atoms with Gasteiger partial charge in [-0.1, -0.05) is 12.1 Å². The second-order valence-corrected chi connectivity index (χ2v) is 6.53. The van der Waals surface area contributed by atoms with E-state index in [2.05, 4.69) is 16.3 Å². The van der Waals surface area contributed by atoms with E-state index in [4.69, 9.17) is 19.6 Å². The predicted octanol–water partition coefficient (Wildman–Crippen LogP) is 3.15. The summed E-state index contributed by atoms with van der Waals surface area (Å²) in [5.74, 6) is 0.244. The third kappa shape index (κ3) is 2.37. The lowest BCUT2D eigenvalue weighted by atomic mass is 9.79. The quantitative estimate of drug-likeness (QED) is 0.633. The van der Waals surface area contributed by atoms with Crippen molar-refractivity contribution in [1.29, 1.82) is 10.7 Å². The van der Waals surface area contributed by atoms with Gasteiger partial charge in [0.05, 0.1) is 17.3 Å². The van der Waals surface area contributed by atoms with Crippen LogP contribution in [0.1, 0.15) is 17.0 Å². The minimum absolute atomic E-state index is 0.128. The van der Waals surface area contributed by atoms with E-state index in [1.54, 1.807) is 24.3 Å². The van der Waals surface area contributed by atoms with Crippen LogP contribution in [0.5, 0.6) is 23.1 Å². The van der Waals surface area contributed by atoms with Crippen LogP contribution >= 0.6 is 0 Å². The van der Waals surface area contributed by atoms with E-state index in [0.717, 1.165) is 11.1 Å². The first-order chi connectivity index (χ1) is 13.7. The third-order valence-corrected chi connectivity index (χ3v) is 4.95. The average molecular weight is 374 g/mol. The molecule has 8 nitrogen and oxygen atoms in total. The Kier molecular flexibility index (Phi) is 3.49. The molecule has 2 atom stereocenters. The van der Waals surface area contributed by atoms with E-state index >= 15 is 0 Å². The first-order valence-electron chi connectivity index (χ1n) is 8.59. The lowest BCUT2D eigenvalue weighted by Gasteiger charge is -2.28. The molecule has 3 N–H and O–H groups in total. The average Bonchev–Trinajstić information content (AvgIpc) is 3.33. The Morgan fingerprint density at radius 3 is 2.71 bits per heavy atom. The molecule has 3 heterocycles. The molecule has 2 aliphatic heterocycles. The lowest BCUT2D eigenvalue weighted by Crippen LogP contribution is -2.30. The molecule has 0 fully saturated rings. The van der Waals surface area contributed by atoms with Gasteiger partial charge in [0.2, 0.25) is 18.6 Å². The highest BCUT2D eigenvalue weighted by atomic mass is 16.7. The van der Waals surface area contributed by atoms with Crippen LogP contribution in [0.2, 0.25) is 0 Å². The molecule has 5 rings (SSSR count). The van der Waals surface area contributed by atoms with Crippen LogP contribution in [0.3, 0.4) is 0 Å². The zero-order chi connectivity index (χ0) is 19.3. The number of hydrogen-bond donors (Lipinski definition) is 3. The highest BCUT2D eigenvalue weighted by Gasteiger charge is 2.40. The van der Waals surface area contributed by atoms with Crippen LogP contribution in [-0.4, -0.2) is 28.0 Å². The van der Waals surface area contributed by atoms with Crippen molar-refractivity contribution in [3.63, 3.8) is 0 Å². The summed E-state index contributed by atoms with van der Waals surface area (Å²) in [4.78, 5) is 0. The number of nitriles is 1. The number of aromatic hydroxyl groups is 1. The molecular weight excluding hydrogens is 360 g/mol. The zero-order valence-electron chi connectivity index (χ0n) is 14.5. The molecule has 2 aromatic carbocycles. The molecule has 0 amide bonds. The lowest BCUT2D eigenvalue weighted by molar-refractivity contribution is 0.174. The number of aromatic nitrogens is 2. The molecule has 0 spiro atoms. The normalized spacial score (nSPS) is 19.6. The molecule has 138 valence electrons. The van der Waals surface area contributed by atoms with Gasteiger partial charge >= 0.3 is 0 Å². The Morgan fingerprint density at radius 1 is 1.14 bits per heavy atom. The van der Waals surface area contributed by atoms with Crippen molar-refractivity contribution < 1.29 is 19.3 Å². The molecule has 8 heteroatoms. The van der Waals surface area contributed by atoms with Crippen molar-refractivity contribution in [3.8, 4) is 40.5 Å². The molecule has 0 saturated heterocycles. The monoisotopic (exact) mass is 374 g/mol. The van der Waals surface area contributed by atoms with E-state index < -0.39 is 11.8 Å². The Labute approximate surface area is 159 Å². The minimum Gasteiger partial charge on any atom is -0.508 e. The number of rotatable bonds is 2. The van der Waals surface area contributed by atoms with E-state index in [9.17, 15) is 10.4 Å². The number of phenols is 1. The van der Waals surface area contributed by atoms with Crippen molar-refractivity contribution in [2.24, 2.45) is 5.92 Å².